The molecule has 0 radical (unpaired) electrons. The molecule has 5 aromatic rings. The number of para-hydroxylation sites is 2. The SMILES string of the molecule is Clc1cccc(N(c2ccccc2)c2coc3oc4ccccc4c23)c1. The van der Waals surface area contributed by atoms with Crippen molar-refractivity contribution in [2.75, 3.05) is 4.90 Å². The van der Waals surface area contributed by atoms with Gasteiger partial charge in [-0.1, -0.05) is 54.1 Å². The molecule has 2 heterocycles. The van der Waals surface area contributed by atoms with Gasteiger partial charge in [0.25, 0.3) is 5.78 Å². The van der Waals surface area contributed by atoms with Crippen LogP contribution in [-0.2, 0) is 0 Å². The number of hydrogen-bond donors (Lipinski definition) is 0. The Hall–Kier alpha value is -3.17. The molecular formula is C22H14ClNO2. The third-order valence-corrected chi connectivity index (χ3v) is 4.65. The molecule has 0 spiro atoms. The first kappa shape index (κ1) is 15.1. The fourth-order valence-corrected chi connectivity index (χ4v) is 3.49. The quantitative estimate of drug-likeness (QED) is 0.338. The van der Waals surface area contributed by atoms with Crippen molar-refractivity contribution in [1.29, 1.82) is 0 Å². The van der Waals surface area contributed by atoms with Crippen LogP contribution in [0.3, 0.4) is 0 Å². The number of benzene rings is 3. The molecule has 0 N–H and O–H groups in total. The number of halogens is 1. The topological polar surface area (TPSA) is 29.5 Å². The van der Waals surface area contributed by atoms with Crippen LogP contribution in [0.4, 0.5) is 17.1 Å². The van der Waals surface area contributed by atoms with E-state index in [9.17, 15) is 0 Å². The summed E-state index contributed by atoms with van der Waals surface area (Å²) >= 11 is 6.26. The summed E-state index contributed by atoms with van der Waals surface area (Å²) in [6.45, 7) is 0. The number of rotatable bonds is 3. The van der Waals surface area contributed by atoms with Gasteiger partial charge in [0.2, 0.25) is 0 Å². The summed E-state index contributed by atoms with van der Waals surface area (Å²) in [5.74, 6) is 0.518. The Labute approximate surface area is 155 Å². The van der Waals surface area contributed by atoms with E-state index >= 15 is 0 Å². The lowest BCUT2D eigenvalue weighted by Crippen LogP contribution is -2.09. The van der Waals surface area contributed by atoms with Gasteiger partial charge >= 0.3 is 0 Å². The highest BCUT2D eigenvalue weighted by atomic mass is 35.5. The third kappa shape index (κ3) is 2.37. The van der Waals surface area contributed by atoms with Gasteiger partial charge in [-0.05, 0) is 36.4 Å². The molecule has 0 aliphatic heterocycles. The largest absolute Gasteiger partial charge is 0.431 e. The van der Waals surface area contributed by atoms with E-state index in [4.69, 9.17) is 20.4 Å². The van der Waals surface area contributed by atoms with Crippen LogP contribution < -0.4 is 4.90 Å². The molecule has 0 amide bonds. The lowest BCUT2D eigenvalue weighted by atomic mass is 10.1. The van der Waals surface area contributed by atoms with E-state index in [0.29, 0.717) is 10.8 Å². The number of hydrogen-bond acceptors (Lipinski definition) is 3. The van der Waals surface area contributed by atoms with Crippen LogP contribution >= 0.6 is 11.6 Å². The van der Waals surface area contributed by atoms with E-state index < -0.39 is 0 Å². The van der Waals surface area contributed by atoms with E-state index in [1.165, 1.54) is 0 Å². The van der Waals surface area contributed by atoms with Crippen molar-refractivity contribution >= 4 is 50.8 Å². The Balaban J connectivity index is 1.81. The summed E-state index contributed by atoms with van der Waals surface area (Å²) in [5.41, 5.74) is 3.69. The zero-order valence-corrected chi connectivity index (χ0v) is 14.5. The van der Waals surface area contributed by atoms with Crippen LogP contribution in [0.1, 0.15) is 0 Å². The van der Waals surface area contributed by atoms with Crippen LogP contribution in [-0.4, -0.2) is 0 Å². The number of furan rings is 2. The molecule has 0 saturated heterocycles. The fourth-order valence-electron chi connectivity index (χ4n) is 3.30. The highest BCUT2D eigenvalue weighted by molar-refractivity contribution is 6.31. The third-order valence-electron chi connectivity index (χ3n) is 4.42. The molecule has 3 nitrogen and oxygen atoms in total. The highest BCUT2D eigenvalue weighted by Crippen LogP contribution is 2.44. The van der Waals surface area contributed by atoms with E-state index in [1.807, 2.05) is 66.7 Å². The molecule has 26 heavy (non-hydrogen) atoms. The molecule has 5 rings (SSSR count). The van der Waals surface area contributed by atoms with Crippen molar-refractivity contribution in [2.24, 2.45) is 0 Å². The molecule has 2 aromatic heterocycles. The van der Waals surface area contributed by atoms with Crippen LogP contribution in [0.15, 0.2) is 94.0 Å². The van der Waals surface area contributed by atoms with Crippen molar-refractivity contribution in [3.05, 3.63) is 90.1 Å². The van der Waals surface area contributed by atoms with Crippen molar-refractivity contribution in [3.8, 4) is 0 Å². The predicted molar refractivity (Wildman–Crippen MR) is 106 cm³/mol. The van der Waals surface area contributed by atoms with Crippen molar-refractivity contribution in [3.63, 3.8) is 0 Å². The van der Waals surface area contributed by atoms with Gasteiger partial charge in [-0.2, -0.15) is 0 Å². The summed E-state index contributed by atoms with van der Waals surface area (Å²) in [6, 6.07) is 25.9. The smallest absolute Gasteiger partial charge is 0.300 e. The molecule has 126 valence electrons. The van der Waals surface area contributed by atoms with Crippen molar-refractivity contribution in [2.45, 2.75) is 0 Å². The average molecular weight is 360 g/mol. The minimum Gasteiger partial charge on any atom is -0.431 e. The van der Waals surface area contributed by atoms with E-state index in [-0.39, 0.29) is 0 Å². The Kier molecular flexibility index (Phi) is 3.47. The first-order chi connectivity index (χ1) is 12.8. The molecule has 0 atom stereocenters. The molecule has 0 unspecified atom stereocenters. The maximum Gasteiger partial charge on any atom is 0.300 e. The second-order valence-corrected chi connectivity index (χ2v) is 6.47. The summed E-state index contributed by atoms with van der Waals surface area (Å²) in [5, 5.41) is 2.65. The summed E-state index contributed by atoms with van der Waals surface area (Å²) in [7, 11) is 0. The van der Waals surface area contributed by atoms with Crippen LogP contribution in [0, 0.1) is 0 Å². The van der Waals surface area contributed by atoms with Crippen molar-refractivity contribution in [1.82, 2.24) is 0 Å². The number of anilines is 3. The minimum atomic E-state index is 0.518. The van der Waals surface area contributed by atoms with Crippen molar-refractivity contribution < 1.29 is 8.83 Å². The second kappa shape index (κ2) is 5.97. The van der Waals surface area contributed by atoms with Crippen LogP contribution in [0.25, 0.3) is 22.1 Å². The molecule has 0 fully saturated rings. The predicted octanol–water partition coefficient (Wildman–Crippen LogP) is 7.30. The number of nitrogens with zero attached hydrogens (tertiary/aromatic N) is 1. The fraction of sp³-hybridized carbons (Fsp3) is 0. The summed E-state index contributed by atoms with van der Waals surface area (Å²) in [4.78, 5) is 2.12. The zero-order valence-electron chi connectivity index (χ0n) is 13.7. The molecule has 0 saturated carbocycles. The molecule has 0 bridgehead atoms. The van der Waals surface area contributed by atoms with Gasteiger partial charge in [0.1, 0.15) is 11.8 Å². The standard InChI is InChI=1S/C22H14ClNO2/c23-15-7-6-10-17(13-15)24(16-8-2-1-3-9-16)19-14-25-22-21(19)18-11-4-5-12-20(18)26-22/h1-14H. The lowest BCUT2D eigenvalue weighted by molar-refractivity contribution is 0.499. The minimum absolute atomic E-state index is 0.518. The van der Waals surface area contributed by atoms with Gasteiger partial charge in [0.05, 0.1) is 11.1 Å². The van der Waals surface area contributed by atoms with Gasteiger partial charge < -0.3 is 13.7 Å². The Morgan fingerprint density at radius 3 is 2.38 bits per heavy atom. The normalized spacial score (nSPS) is 11.3. The Morgan fingerprint density at radius 2 is 1.54 bits per heavy atom. The van der Waals surface area contributed by atoms with Gasteiger partial charge in [-0.3, -0.25) is 0 Å². The maximum atomic E-state index is 6.26. The molecule has 4 heteroatoms. The summed E-state index contributed by atoms with van der Waals surface area (Å²) in [6.07, 6.45) is 1.73. The average Bonchev–Trinajstić information content (AvgIpc) is 3.23. The van der Waals surface area contributed by atoms with E-state index in [2.05, 4.69) is 17.0 Å². The first-order valence-electron chi connectivity index (χ1n) is 8.31. The van der Waals surface area contributed by atoms with Gasteiger partial charge in [0.15, 0.2) is 0 Å². The maximum absolute atomic E-state index is 6.26. The molecule has 3 aromatic carbocycles. The van der Waals surface area contributed by atoms with Gasteiger partial charge in [-0.15, -0.1) is 0 Å². The molecule has 0 aliphatic carbocycles. The second-order valence-electron chi connectivity index (χ2n) is 6.03. The van der Waals surface area contributed by atoms with E-state index in [1.54, 1.807) is 6.26 Å². The number of fused-ring (bicyclic) bond motifs is 3. The lowest BCUT2D eigenvalue weighted by Gasteiger charge is -2.24. The van der Waals surface area contributed by atoms with E-state index in [0.717, 1.165) is 33.4 Å². The summed E-state index contributed by atoms with van der Waals surface area (Å²) < 4.78 is 11.6. The Bertz CT molecular complexity index is 1210. The van der Waals surface area contributed by atoms with Gasteiger partial charge in [0, 0.05) is 21.8 Å². The first-order valence-corrected chi connectivity index (χ1v) is 8.68. The zero-order chi connectivity index (χ0) is 17.5. The van der Waals surface area contributed by atoms with Crippen LogP contribution in [0.2, 0.25) is 5.02 Å². The molecule has 0 aliphatic rings. The highest BCUT2D eigenvalue weighted by Gasteiger charge is 2.22. The van der Waals surface area contributed by atoms with Crippen LogP contribution in [0.5, 0.6) is 0 Å². The van der Waals surface area contributed by atoms with Gasteiger partial charge in [-0.25, -0.2) is 0 Å². The monoisotopic (exact) mass is 359 g/mol. The Morgan fingerprint density at radius 1 is 0.769 bits per heavy atom. The molecular weight excluding hydrogens is 346 g/mol.